The molecule has 1 aliphatic carbocycles. The lowest BCUT2D eigenvalue weighted by molar-refractivity contribution is -0.139. The fourth-order valence-electron chi connectivity index (χ4n) is 4.12. The number of ether oxygens (including phenoxy) is 2. The third kappa shape index (κ3) is 1.75. The van der Waals surface area contributed by atoms with Crippen LogP contribution in [0.4, 0.5) is 0 Å². The lowest BCUT2D eigenvalue weighted by Crippen LogP contribution is -2.59. The fourth-order valence-corrected chi connectivity index (χ4v) is 4.12. The van der Waals surface area contributed by atoms with Gasteiger partial charge < -0.3 is 14.6 Å². The fraction of sp³-hybridized carbons (Fsp3) is 0.625. The summed E-state index contributed by atoms with van der Waals surface area (Å²) < 4.78 is 11.9. The second-order valence-corrected chi connectivity index (χ2v) is 6.07. The minimum absolute atomic E-state index is 0.196. The van der Waals surface area contributed by atoms with Gasteiger partial charge in [-0.1, -0.05) is 6.42 Å². The smallest absolute Gasteiger partial charge is 0.170 e. The van der Waals surface area contributed by atoms with E-state index in [0.717, 1.165) is 44.9 Å². The van der Waals surface area contributed by atoms with E-state index in [9.17, 15) is 5.11 Å². The van der Waals surface area contributed by atoms with Gasteiger partial charge in [-0.25, -0.2) is 0 Å². The predicted molar refractivity (Wildman–Crippen MR) is 75.1 cm³/mol. The van der Waals surface area contributed by atoms with Crippen molar-refractivity contribution in [1.82, 2.24) is 4.90 Å². The molecule has 4 rings (SSSR count). The lowest BCUT2D eigenvalue weighted by Gasteiger charge is -2.47. The molecule has 1 aromatic carbocycles. The zero-order chi connectivity index (χ0) is 13.6. The number of morpholine rings is 1. The molecule has 2 aliphatic heterocycles. The number of phenolic OH excluding ortho intramolecular Hbond substituents is 1. The summed E-state index contributed by atoms with van der Waals surface area (Å²) in [6.45, 7) is 3.46. The first-order valence-corrected chi connectivity index (χ1v) is 7.64. The Morgan fingerprint density at radius 3 is 2.90 bits per heavy atom. The molecule has 3 aliphatic rings. The molecule has 4 heteroatoms. The van der Waals surface area contributed by atoms with Gasteiger partial charge in [-0.05, 0) is 31.0 Å². The van der Waals surface area contributed by atoms with Crippen LogP contribution in [-0.2, 0) is 4.74 Å². The van der Waals surface area contributed by atoms with Crippen LogP contribution in [0.5, 0.6) is 11.5 Å². The van der Waals surface area contributed by atoms with Crippen LogP contribution in [-0.4, -0.2) is 42.0 Å². The molecule has 0 radical (unpaired) electrons. The van der Waals surface area contributed by atoms with E-state index in [1.165, 1.54) is 18.4 Å². The van der Waals surface area contributed by atoms with Gasteiger partial charge in [-0.2, -0.15) is 0 Å². The van der Waals surface area contributed by atoms with Gasteiger partial charge in [0.05, 0.1) is 13.2 Å². The number of hydrogen-bond acceptors (Lipinski definition) is 4. The van der Waals surface area contributed by atoms with Gasteiger partial charge in [-0.15, -0.1) is 0 Å². The molecule has 0 aromatic heterocycles. The van der Waals surface area contributed by atoms with E-state index in [1.54, 1.807) is 6.07 Å². The highest BCUT2D eigenvalue weighted by Gasteiger charge is 2.53. The van der Waals surface area contributed by atoms with Crippen molar-refractivity contribution in [3.05, 3.63) is 23.8 Å². The van der Waals surface area contributed by atoms with E-state index in [1.807, 2.05) is 12.1 Å². The van der Waals surface area contributed by atoms with Gasteiger partial charge in [0.2, 0.25) is 0 Å². The zero-order valence-corrected chi connectivity index (χ0v) is 11.7. The van der Waals surface area contributed by atoms with Crippen molar-refractivity contribution < 1.29 is 14.6 Å². The van der Waals surface area contributed by atoms with Crippen LogP contribution in [0, 0.1) is 0 Å². The summed E-state index contributed by atoms with van der Waals surface area (Å²) in [4.78, 5) is 2.47. The highest BCUT2D eigenvalue weighted by atomic mass is 16.5. The third-order valence-corrected chi connectivity index (χ3v) is 5.02. The lowest BCUT2D eigenvalue weighted by atomic mass is 9.77. The maximum atomic E-state index is 9.79. The molecule has 0 unspecified atom stereocenters. The van der Waals surface area contributed by atoms with Crippen molar-refractivity contribution in [3.63, 3.8) is 0 Å². The van der Waals surface area contributed by atoms with Crippen molar-refractivity contribution in [2.45, 2.75) is 37.3 Å². The van der Waals surface area contributed by atoms with Gasteiger partial charge in [0, 0.05) is 31.0 Å². The zero-order valence-electron chi connectivity index (χ0n) is 11.7. The average molecular weight is 275 g/mol. The van der Waals surface area contributed by atoms with E-state index in [0.29, 0.717) is 11.7 Å². The molecule has 0 amide bonds. The summed E-state index contributed by atoms with van der Waals surface area (Å²) in [6.07, 6.45) is 4.68. The molecule has 20 heavy (non-hydrogen) atoms. The summed E-state index contributed by atoms with van der Waals surface area (Å²) >= 11 is 0. The van der Waals surface area contributed by atoms with Crippen molar-refractivity contribution in [2.24, 2.45) is 0 Å². The van der Waals surface area contributed by atoms with Gasteiger partial charge >= 0.3 is 0 Å². The van der Waals surface area contributed by atoms with Crippen molar-refractivity contribution >= 4 is 0 Å². The number of fused-ring (bicyclic) bond motifs is 3. The standard InChI is InChI=1S/C16H21NO3/c18-12-4-5-15-13(11-12)14-3-1-2-6-16(14,20-15)17-7-9-19-10-8-17/h4-5,11,14,18H,1-3,6-10H2/t14-,16-/m1/s1. The molecule has 1 N–H and O–H groups in total. The van der Waals surface area contributed by atoms with E-state index in [2.05, 4.69) is 4.90 Å². The normalized spacial score (nSPS) is 33.3. The maximum Gasteiger partial charge on any atom is 0.170 e. The SMILES string of the molecule is Oc1ccc2c(c1)[C@H]1CCCC[C@@]1(N1CCOCC1)O2. The molecule has 2 atom stereocenters. The molecule has 1 aromatic rings. The number of nitrogens with zero attached hydrogens (tertiary/aromatic N) is 1. The van der Waals surface area contributed by atoms with Crippen molar-refractivity contribution in [1.29, 1.82) is 0 Å². The van der Waals surface area contributed by atoms with Crippen LogP contribution in [0.25, 0.3) is 0 Å². The summed E-state index contributed by atoms with van der Waals surface area (Å²) in [6, 6.07) is 5.54. The molecular weight excluding hydrogens is 254 g/mol. The van der Waals surface area contributed by atoms with Crippen molar-refractivity contribution in [2.75, 3.05) is 26.3 Å². The summed E-state index contributed by atoms with van der Waals surface area (Å²) in [5.41, 5.74) is 0.995. The molecule has 2 fully saturated rings. The number of benzene rings is 1. The van der Waals surface area contributed by atoms with Gasteiger partial charge in [-0.3, -0.25) is 4.90 Å². The molecule has 0 bridgehead atoms. The number of rotatable bonds is 1. The predicted octanol–water partition coefficient (Wildman–Crippen LogP) is 2.47. The van der Waals surface area contributed by atoms with Crippen LogP contribution < -0.4 is 4.74 Å². The molecule has 108 valence electrons. The molecule has 0 spiro atoms. The first-order valence-electron chi connectivity index (χ1n) is 7.64. The number of phenols is 1. The third-order valence-electron chi connectivity index (χ3n) is 5.02. The minimum Gasteiger partial charge on any atom is -0.508 e. The monoisotopic (exact) mass is 275 g/mol. The van der Waals surface area contributed by atoms with E-state index >= 15 is 0 Å². The quantitative estimate of drug-likeness (QED) is 0.855. The van der Waals surface area contributed by atoms with Crippen LogP contribution in [0.2, 0.25) is 0 Å². The summed E-state index contributed by atoms with van der Waals surface area (Å²) in [5, 5.41) is 9.79. The highest BCUT2D eigenvalue weighted by molar-refractivity contribution is 5.47. The van der Waals surface area contributed by atoms with Gasteiger partial charge in [0.1, 0.15) is 11.5 Å². The molecule has 2 heterocycles. The van der Waals surface area contributed by atoms with Gasteiger partial charge in [0.15, 0.2) is 5.72 Å². The Morgan fingerprint density at radius 2 is 2.05 bits per heavy atom. The van der Waals surface area contributed by atoms with Crippen LogP contribution in [0.15, 0.2) is 18.2 Å². The summed E-state index contributed by atoms with van der Waals surface area (Å²) in [5.74, 6) is 1.69. The topological polar surface area (TPSA) is 41.9 Å². The van der Waals surface area contributed by atoms with E-state index < -0.39 is 0 Å². The second kappa shape index (κ2) is 4.64. The van der Waals surface area contributed by atoms with Crippen molar-refractivity contribution in [3.8, 4) is 11.5 Å². The largest absolute Gasteiger partial charge is 0.508 e. The van der Waals surface area contributed by atoms with Crippen LogP contribution in [0.3, 0.4) is 0 Å². The minimum atomic E-state index is -0.196. The first kappa shape index (κ1) is 12.5. The van der Waals surface area contributed by atoms with Gasteiger partial charge in [0.25, 0.3) is 0 Å². The highest BCUT2D eigenvalue weighted by Crippen LogP contribution is 2.54. The Balaban J connectivity index is 1.74. The Hall–Kier alpha value is -1.26. The Kier molecular flexibility index (Phi) is 2.89. The van der Waals surface area contributed by atoms with Crippen LogP contribution in [0.1, 0.15) is 37.2 Å². The Labute approximate surface area is 119 Å². The van der Waals surface area contributed by atoms with E-state index in [4.69, 9.17) is 9.47 Å². The average Bonchev–Trinajstić information content (AvgIpc) is 2.83. The molecule has 1 saturated carbocycles. The number of aromatic hydroxyl groups is 1. The molecule has 1 saturated heterocycles. The van der Waals surface area contributed by atoms with E-state index in [-0.39, 0.29) is 5.72 Å². The summed E-state index contributed by atoms with van der Waals surface area (Å²) in [7, 11) is 0. The Bertz CT molecular complexity index is 512. The maximum absolute atomic E-state index is 9.79. The number of hydrogen-bond donors (Lipinski definition) is 1. The first-order chi connectivity index (χ1) is 9.79. The Morgan fingerprint density at radius 1 is 1.20 bits per heavy atom. The van der Waals surface area contributed by atoms with Crippen LogP contribution >= 0.6 is 0 Å². The molecular formula is C16H21NO3. The molecule has 4 nitrogen and oxygen atoms in total. The second-order valence-electron chi connectivity index (χ2n) is 6.07.